The third-order valence-corrected chi connectivity index (χ3v) is 4.04. The molecule has 0 radical (unpaired) electrons. The number of aromatic hydroxyl groups is 2. The monoisotopic (exact) mass is 298 g/mol. The van der Waals surface area contributed by atoms with Gasteiger partial charge in [-0.3, -0.25) is 0 Å². The molecule has 1 aliphatic heterocycles. The second-order valence-corrected chi connectivity index (χ2v) is 5.68. The minimum absolute atomic E-state index is 0.00229. The summed E-state index contributed by atoms with van der Waals surface area (Å²) in [7, 11) is 0. The molecule has 5 atom stereocenters. The van der Waals surface area contributed by atoms with E-state index in [-0.39, 0.29) is 24.0 Å². The standard InChI is InChI=1S/C15H22O6/c1-8(15-14(20)13(19)12(18)7-21-15)2-3-9-4-5-10(16)6-11(9)17/h4-6,8,12-20H,2-3,7H2,1H3/t8?,12-,13+,14-,15+/m1/s1. The molecule has 5 N–H and O–H groups in total. The molecule has 1 heterocycles. The largest absolute Gasteiger partial charge is 0.508 e. The Morgan fingerprint density at radius 1 is 1.19 bits per heavy atom. The second kappa shape index (κ2) is 6.62. The smallest absolute Gasteiger partial charge is 0.122 e. The Bertz CT molecular complexity index is 477. The Kier molecular flexibility index (Phi) is 5.05. The molecule has 0 spiro atoms. The van der Waals surface area contributed by atoms with Gasteiger partial charge in [-0.2, -0.15) is 0 Å². The van der Waals surface area contributed by atoms with E-state index in [0.29, 0.717) is 18.4 Å². The molecular formula is C15H22O6. The summed E-state index contributed by atoms with van der Waals surface area (Å²) >= 11 is 0. The molecule has 0 amide bonds. The maximum atomic E-state index is 9.95. The van der Waals surface area contributed by atoms with Crippen molar-refractivity contribution in [2.45, 2.75) is 44.2 Å². The van der Waals surface area contributed by atoms with Crippen LogP contribution in [-0.4, -0.2) is 56.6 Å². The quantitative estimate of drug-likeness (QED) is 0.541. The number of phenolic OH excluding ortho intramolecular Hbond substituents is 2. The van der Waals surface area contributed by atoms with Crippen molar-refractivity contribution in [2.24, 2.45) is 5.92 Å². The minimum Gasteiger partial charge on any atom is -0.508 e. The van der Waals surface area contributed by atoms with Crippen LogP contribution in [0.5, 0.6) is 11.5 Å². The molecule has 1 aromatic rings. The molecule has 2 rings (SSSR count). The molecule has 0 aromatic heterocycles. The van der Waals surface area contributed by atoms with Gasteiger partial charge in [-0.15, -0.1) is 0 Å². The predicted octanol–water partition coefficient (Wildman–Crippen LogP) is 0.148. The second-order valence-electron chi connectivity index (χ2n) is 5.68. The Balaban J connectivity index is 1.94. The zero-order valence-electron chi connectivity index (χ0n) is 11.9. The van der Waals surface area contributed by atoms with Crippen LogP contribution in [-0.2, 0) is 11.2 Å². The van der Waals surface area contributed by atoms with Crippen molar-refractivity contribution in [1.82, 2.24) is 0 Å². The number of aliphatic hydroxyl groups excluding tert-OH is 3. The molecule has 1 fully saturated rings. The fraction of sp³-hybridized carbons (Fsp3) is 0.600. The lowest BCUT2D eigenvalue weighted by Gasteiger charge is -2.38. The molecule has 1 aromatic carbocycles. The first-order chi connectivity index (χ1) is 9.90. The van der Waals surface area contributed by atoms with E-state index in [4.69, 9.17) is 4.74 Å². The van der Waals surface area contributed by atoms with E-state index in [9.17, 15) is 25.5 Å². The zero-order chi connectivity index (χ0) is 15.6. The lowest BCUT2D eigenvalue weighted by Crippen LogP contribution is -2.54. The number of benzene rings is 1. The maximum absolute atomic E-state index is 9.95. The maximum Gasteiger partial charge on any atom is 0.122 e. The van der Waals surface area contributed by atoms with Gasteiger partial charge in [0.15, 0.2) is 0 Å². The summed E-state index contributed by atoms with van der Waals surface area (Å²) in [6, 6.07) is 4.44. The highest BCUT2D eigenvalue weighted by molar-refractivity contribution is 5.38. The molecule has 6 nitrogen and oxygen atoms in total. The van der Waals surface area contributed by atoms with Gasteiger partial charge in [0.25, 0.3) is 0 Å². The van der Waals surface area contributed by atoms with Crippen molar-refractivity contribution in [3.8, 4) is 11.5 Å². The van der Waals surface area contributed by atoms with Gasteiger partial charge in [0.05, 0.1) is 12.7 Å². The Morgan fingerprint density at radius 2 is 1.90 bits per heavy atom. The molecule has 1 unspecified atom stereocenters. The van der Waals surface area contributed by atoms with Gasteiger partial charge in [0, 0.05) is 6.07 Å². The lowest BCUT2D eigenvalue weighted by atomic mass is 9.88. The number of phenols is 2. The summed E-state index contributed by atoms with van der Waals surface area (Å²) < 4.78 is 5.41. The molecular weight excluding hydrogens is 276 g/mol. The van der Waals surface area contributed by atoms with Crippen LogP contribution < -0.4 is 0 Å². The Morgan fingerprint density at radius 3 is 2.57 bits per heavy atom. The lowest BCUT2D eigenvalue weighted by molar-refractivity contribution is -0.199. The molecule has 21 heavy (non-hydrogen) atoms. The first-order valence-corrected chi connectivity index (χ1v) is 7.06. The van der Waals surface area contributed by atoms with Gasteiger partial charge in [-0.25, -0.2) is 0 Å². The summed E-state index contributed by atoms with van der Waals surface area (Å²) in [5.41, 5.74) is 0.700. The highest BCUT2D eigenvalue weighted by Crippen LogP contribution is 2.28. The number of ether oxygens (including phenoxy) is 1. The number of hydrogen-bond donors (Lipinski definition) is 5. The van der Waals surface area contributed by atoms with Crippen LogP contribution in [0.3, 0.4) is 0 Å². The number of aliphatic hydroxyl groups is 3. The summed E-state index contributed by atoms with van der Waals surface area (Å²) in [5, 5.41) is 48.0. The minimum atomic E-state index is -1.20. The first-order valence-electron chi connectivity index (χ1n) is 7.06. The van der Waals surface area contributed by atoms with Gasteiger partial charge in [-0.1, -0.05) is 13.0 Å². The van der Waals surface area contributed by atoms with Gasteiger partial charge in [0.2, 0.25) is 0 Å². The van der Waals surface area contributed by atoms with E-state index in [2.05, 4.69) is 0 Å². The zero-order valence-corrected chi connectivity index (χ0v) is 11.9. The SMILES string of the molecule is CC(CCc1ccc(O)cc1O)[C@@H]1OC[C@@H](O)[C@H](O)[C@H]1O. The van der Waals surface area contributed by atoms with Crippen LogP contribution in [0.4, 0.5) is 0 Å². The molecule has 6 heteroatoms. The molecule has 118 valence electrons. The van der Waals surface area contributed by atoms with Crippen LogP contribution in [0.25, 0.3) is 0 Å². The van der Waals surface area contributed by atoms with Crippen molar-refractivity contribution in [2.75, 3.05) is 6.61 Å². The van der Waals surface area contributed by atoms with Crippen molar-refractivity contribution < 1.29 is 30.3 Å². The van der Waals surface area contributed by atoms with Gasteiger partial charge >= 0.3 is 0 Å². The molecule has 0 saturated carbocycles. The first kappa shape index (κ1) is 16.0. The normalized spacial score (nSPS) is 31.0. The molecule has 1 saturated heterocycles. The summed E-state index contributed by atoms with van der Waals surface area (Å²) in [6.07, 6.45) is -2.76. The van der Waals surface area contributed by atoms with E-state index in [1.807, 2.05) is 6.92 Å². The highest BCUT2D eigenvalue weighted by Gasteiger charge is 2.39. The molecule has 1 aliphatic rings. The summed E-state index contributed by atoms with van der Waals surface area (Å²) in [4.78, 5) is 0. The van der Waals surface area contributed by atoms with Crippen LogP contribution in [0.15, 0.2) is 18.2 Å². The summed E-state index contributed by atoms with van der Waals surface area (Å²) in [6.45, 7) is 1.88. The topological polar surface area (TPSA) is 110 Å². The Labute approximate surface area is 123 Å². The van der Waals surface area contributed by atoms with E-state index < -0.39 is 24.4 Å². The van der Waals surface area contributed by atoms with Crippen molar-refractivity contribution >= 4 is 0 Å². The van der Waals surface area contributed by atoms with Gasteiger partial charge < -0.3 is 30.3 Å². The van der Waals surface area contributed by atoms with Crippen molar-refractivity contribution in [3.63, 3.8) is 0 Å². The van der Waals surface area contributed by atoms with Crippen molar-refractivity contribution in [1.29, 1.82) is 0 Å². The third-order valence-electron chi connectivity index (χ3n) is 4.04. The predicted molar refractivity (Wildman–Crippen MR) is 75.0 cm³/mol. The average Bonchev–Trinajstić information content (AvgIpc) is 2.43. The highest BCUT2D eigenvalue weighted by atomic mass is 16.5. The Hall–Kier alpha value is -1.34. The van der Waals surface area contributed by atoms with E-state index in [1.165, 1.54) is 12.1 Å². The van der Waals surface area contributed by atoms with Crippen LogP contribution in [0, 0.1) is 5.92 Å². The van der Waals surface area contributed by atoms with Gasteiger partial charge in [0.1, 0.15) is 29.8 Å². The average molecular weight is 298 g/mol. The van der Waals surface area contributed by atoms with E-state index in [0.717, 1.165) is 0 Å². The third kappa shape index (κ3) is 3.65. The van der Waals surface area contributed by atoms with Gasteiger partial charge in [-0.05, 0) is 30.4 Å². The van der Waals surface area contributed by atoms with Crippen LogP contribution in [0.2, 0.25) is 0 Å². The molecule has 0 aliphatic carbocycles. The number of rotatable bonds is 4. The number of aryl methyl sites for hydroxylation is 1. The molecule has 0 bridgehead atoms. The fourth-order valence-electron chi connectivity index (χ4n) is 2.64. The van der Waals surface area contributed by atoms with E-state index in [1.54, 1.807) is 6.07 Å². The fourth-order valence-corrected chi connectivity index (χ4v) is 2.64. The van der Waals surface area contributed by atoms with Crippen LogP contribution in [0.1, 0.15) is 18.9 Å². The number of hydrogen-bond acceptors (Lipinski definition) is 6. The van der Waals surface area contributed by atoms with Crippen LogP contribution >= 0.6 is 0 Å². The summed E-state index contributed by atoms with van der Waals surface area (Å²) in [5.74, 6) is -0.0226. The van der Waals surface area contributed by atoms with E-state index >= 15 is 0 Å². The van der Waals surface area contributed by atoms with Crippen molar-refractivity contribution in [3.05, 3.63) is 23.8 Å².